The first-order chi connectivity index (χ1) is 4.70. The molecular formula is C8H20BO3. The van der Waals surface area contributed by atoms with E-state index in [2.05, 4.69) is 4.65 Å². The van der Waals surface area contributed by atoms with Crippen molar-refractivity contribution in [2.75, 3.05) is 7.11 Å². The molecule has 1 unspecified atom stereocenters. The molecule has 0 aromatic heterocycles. The van der Waals surface area contributed by atoms with Crippen LogP contribution in [-0.4, -0.2) is 26.7 Å². The van der Waals surface area contributed by atoms with Crippen molar-refractivity contribution < 1.29 is 14.2 Å². The molecule has 0 fully saturated rings. The molecule has 0 N–H and O–H groups in total. The van der Waals surface area contributed by atoms with Crippen molar-refractivity contribution in [3.05, 3.63) is 0 Å². The molecule has 0 aromatic carbocycles. The summed E-state index contributed by atoms with van der Waals surface area (Å²) < 4.78 is 9.42. The Morgan fingerprint density at radius 2 is 2.00 bits per heavy atom. The molecule has 0 aromatic rings. The van der Waals surface area contributed by atoms with Gasteiger partial charge in [0.05, 0.1) is 12.5 Å². The zero-order valence-corrected chi connectivity index (χ0v) is 6.59. The van der Waals surface area contributed by atoms with Crippen LogP contribution in [-0.2, 0) is 14.2 Å². The molecule has 73 valence electrons. The van der Waals surface area contributed by atoms with Gasteiger partial charge in [-0.2, -0.15) is 0 Å². The molecule has 0 spiro atoms. The lowest BCUT2D eigenvalue weighted by atomic mass is 10.1. The van der Waals surface area contributed by atoms with Crippen LogP contribution in [0, 0.1) is 0 Å². The van der Waals surface area contributed by atoms with Crippen LogP contribution in [0.3, 0.4) is 0 Å². The van der Waals surface area contributed by atoms with Gasteiger partial charge in [0.25, 0.3) is 5.97 Å². The molecule has 1 radical (unpaired) electrons. The third-order valence-corrected chi connectivity index (χ3v) is 1.11. The zero-order chi connectivity index (χ0) is 7.98. The molecule has 0 rings (SSSR count). The van der Waals surface area contributed by atoms with Crippen LogP contribution in [0.4, 0.5) is 0 Å². The third-order valence-electron chi connectivity index (χ3n) is 1.11. The van der Waals surface area contributed by atoms with E-state index in [-0.39, 0.29) is 26.9 Å². The fraction of sp³-hybridized carbons (Fsp3) is 0.875. The summed E-state index contributed by atoms with van der Waals surface area (Å²) in [4.78, 5) is 10.7. The predicted octanol–water partition coefficient (Wildman–Crippen LogP) is 1.89. The molecule has 0 aliphatic heterocycles. The second-order valence-electron chi connectivity index (χ2n) is 1.98. The Morgan fingerprint density at radius 1 is 1.50 bits per heavy atom. The van der Waals surface area contributed by atoms with Crippen molar-refractivity contribution in [1.82, 2.24) is 0 Å². The Hall–Kier alpha value is -0.505. The quantitative estimate of drug-likeness (QED) is 0.612. The lowest BCUT2D eigenvalue weighted by molar-refractivity contribution is -0.136. The van der Waals surface area contributed by atoms with Crippen molar-refractivity contribution in [2.24, 2.45) is 0 Å². The second kappa shape index (κ2) is 10.5. The van der Waals surface area contributed by atoms with Crippen LogP contribution in [0.25, 0.3) is 0 Å². The predicted molar refractivity (Wildman–Crippen MR) is 52.3 cm³/mol. The van der Waals surface area contributed by atoms with E-state index in [1.807, 2.05) is 6.92 Å². The highest BCUT2D eigenvalue weighted by molar-refractivity contribution is 6.28. The SMILES string of the molecule is C.C.C[B]OC(=O)CC(C)OC. The van der Waals surface area contributed by atoms with Crippen molar-refractivity contribution >= 4 is 13.5 Å². The van der Waals surface area contributed by atoms with E-state index in [1.165, 1.54) is 7.48 Å². The van der Waals surface area contributed by atoms with Crippen molar-refractivity contribution in [2.45, 2.75) is 41.1 Å². The van der Waals surface area contributed by atoms with E-state index < -0.39 is 0 Å². The maximum Gasteiger partial charge on any atom is 0.370 e. The second-order valence-corrected chi connectivity index (χ2v) is 1.98. The van der Waals surface area contributed by atoms with Crippen LogP contribution >= 0.6 is 0 Å². The number of methoxy groups -OCH3 is 1. The van der Waals surface area contributed by atoms with E-state index in [0.717, 1.165) is 0 Å². The highest BCUT2D eigenvalue weighted by Crippen LogP contribution is 1.96. The van der Waals surface area contributed by atoms with Gasteiger partial charge in [0.2, 0.25) is 0 Å². The standard InChI is InChI=1S/C6H12BO3.2CH4/c1-5(9-3)4-6(8)10-7-2;;/h5H,4H2,1-3H3;2*1H4. The molecule has 1 atom stereocenters. The summed E-state index contributed by atoms with van der Waals surface area (Å²) in [5.41, 5.74) is 0. The van der Waals surface area contributed by atoms with E-state index in [4.69, 9.17) is 4.74 Å². The van der Waals surface area contributed by atoms with E-state index in [1.54, 1.807) is 13.9 Å². The normalized spacial score (nSPS) is 10.2. The topological polar surface area (TPSA) is 35.5 Å². The van der Waals surface area contributed by atoms with Crippen LogP contribution in [0.5, 0.6) is 0 Å². The molecular weight excluding hydrogens is 155 g/mol. The van der Waals surface area contributed by atoms with E-state index in [9.17, 15) is 4.79 Å². The lowest BCUT2D eigenvalue weighted by Gasteiger charge is -2.07. The Bertz CT molecular complexity index is 106. The maximum atomic E-state index is 10.7. The smallest absolute Gasteiger partial charge is 0.370 e. The number of ether oxygens (including phenoxy) is 1. The molecule has 0 saturated carbocycles. The number of hydrogen-bond donors (Lipinski definition) is 0. The van der Waals surface area contributed by atoms with Crippen LogP contribution in [0.1, 0.15) is 28.2 Å². The molecule has 0 amide bonds. The largest absolute Gasteiger partial charge is 0.539 e. The third kappa shape index (κ3) is 9.49. The Balaban J connectivity index is -0.000000405. The van der Waals surface area contributed by atoms with Gasteiger partial charge in [0, 0.05) is 7.11 Å². The molecule has 0 aliphatic carbocycles. The number of hydrogen-bond acceptors (Lipinski definition) is 3. The average molecular weight is 175 g/mol. The van der Waals surface area contributed by atoms with Gasteiger partial charge in [-0.05, 0) is 6.92 Å². The molecule has 0 heterocycles. The summed E-state index contributed by atoms with van der Waals surface area (Å²) in [6, 6.07) is 0. The molecule has 12 heavy (non-hydrogen) atoms. The Labute approximate surface area is 76.7 Å². The minimum Gasteiger partial charge on any atom is -0.539 e. The number of rotatable bonds is 4. The highest BCUT2D eigenvalue weighted by atomic mass is 16.5. The molecule has 4 heteroatoms. The molecule has 3 nitrogen and oxygen atoms in total. The fourth-order valence-corrected chi connectivity index (χ4v) is 0.498. The highest BCUT2D eigenvalue weighted by Gasteiger charge is 2.07. The number of carbonyl (C=O) groups is 1. The summed E-state index contributed by atoms with van der Waals surface area (Å²) in [5.74, 6) is -0.253. The summed E-state index contributed by atoms with van der Waals surface area (Å²) in [5, 5.41) is 0. The minimum absolute atomic E-state index is 0. The van der Waals surface area contributed by atoms with Crippen molar-refractivity contribution in [3.63, 3.8) is 0 Å². The van der Waals surface area contributed by atoms with Gasteiger partial charge < -0.3 is 9.39 Å². The Morgan fingerprint density at radius 3 is 2.33 bits per heavy atom. The summed E-state index contributed by atoms with van der Waals surface area (Å²) in [6.07, 6.45) is 0.244. The first-order valence-electron chi connectivity index (χ1n) is 3.20. The number of carbonyl (C=O) groups excluding carboxylic acids is 1. The average Bonchev–Trinajstić information content (AvgIpc) is 1.88. The Kier molecular flexibility index (Phi) is 15.3. The van der Waals surface area contributed by atoms with Crippen LogP contribution < -0.4 is 0 Å². The van der Waals surface area contributed by atoms with Gasteiger partial charge >= 0.3 is 7.48 Å². The first-order valence-corrected chi connectivity index (χ1v) is 3.20. The van der Waals surface area contributed by atoms with Crippen molar-refractivity contribution in [3.8, 4) is 0 Å². The molecule has 0 saturated heterocycles. The van der Waals surface area contributed by atoms with Gasteiger partial charge in [-0.25, -0.2) is 0 Å². The summed E-state index contributed by atoms with van der Waals surface area (Å²) in [7, 11) is 2.93. The molecule has 0 aliphatic rings. The van der Waals surface area contributed by atoms with Gasteiger partial charge in [-0.3, -0.25) is 4.79 Å². The van der Waals surface area contributed by atoms with E-state index in [0.29, 0.717) is 6.42 Å². The van der Waals surface area contributed by atoms with Gasteiger partial charge in [0.15, 0.2) is 0 Å². The lowest BCUT2D eigenvalue weighted by Crippen LogP contribution is -2.15. The van der Waals surface area contributed by atoms with Gasteiger partial charge in [-0.1, -0.05) is 21.7 Å². The van der Waals surface area contributed by atoms with Crippen LogP contribution in [0.2, 0.25) is 6.82 Å². The van der Waals surface area contributed by atoms with Crippen LogP contribution in [0.15, 0.2) is 0 Å². The fourth-order valence-electron chi connectivity index (χ4n) is 0.498. The minimum atomic E-state index is -0.253. The molecule has 0 bridgehead atoms. The summed E-state index contributed by atoms with van der Waals surface area (Å²) >= 11 is 0. The first kappa shape index (κ1) is 17.5. The van der Waals surface area contributed by atoms with Gasteiger partial charge in [-0.15, -0.1) is 0 Å². The van der Waals surface area contributed by atoms with Crippen molar-refractivity contribution in [1.29, 1.82) is 0 Å². The van der Waals surface area contributed by atoms with E-state index >= 15 is 0 Å². The van der Waals surface area contributed by atoms with Gasteiger partial charge in [0.1, 0.15) is 0 Å². The zero-order valence-electron chi connectivity index (χ0n) is 6.59. The summed E-state index contributed by atoms with van der Waals surface area (Å²) in [6.45, 7) is 3.48. The maximum absolute atomic E-state index is 10.7. The monoisotopic (exact) mass is 175 g/mol.